The van der Waals surface area contributed by atoms with E-state index in [0.717, 1.165) is 30.9 Å². The van der Waals surface area contributed by atoms with Gasteiger partial charge in [-0.1, -0.05) is 0 Å². The molecular formula is C17H29N3O. The molecule has 4 nitrogen and oxygen atoms in total. The standard InChI is InChI=1S/C17H29N3O/c1-11-14-9-13(10-18-17(3,4)5)7-8-15(14)20-16(19-11)12(2)21-6/h12-13,18H,7-10H2,1-6H3. The number of hydrogen-bond acceptors (Lipinski definition) is 4. The molecule has 4 heteroatoms. The van der Waals surface area contributed by atoms with Gasteiger partial charge >= 0.3 is 0 Å². The summed E-state index contributed by atoms with van der Waals surface area (Å²) in [7, 11) is 1.71. The Kier molecular flexibility index (Phi) is 4.99. The number of methoxy groups -OCH3 is 1. The quantitative estimate of drug-likeness (QED) is 0.926. The topological polar surface area (TPSA) is 47.0 Å². The molecule has 1 aromatic heterocycles. The Labute approximate surface area is 128 Å². The van der Waals surface area contributed by atoms with Gasteiger partial charge in [0, 0.05) is 24.0 Å². The van der Waals surface area contributed by atoms with E-state index in [2.05, 4.69) is 38.0 Å². The Balaban J connectivity index is 2.11. The second-order valence-corrected chi connectivity index (χ2v) is 7.21. The van der Waals surface area contributed by atoms with Gasteiger partial charge in [-0.05, 0) is 71.9 Å². The Hall–Kier alpha value is -1.00. The molecule has 21 heavy (non-hydrogen) atoms. The molecule has 2 unspecified atom stereocenters. The molecule has 0 saturated carbocycles. The number of ether oxygens (including phenoxy) is 1. The lowest BCUT2D eigenvalue weighted by Crippen LogP contribution is -2.40. The third-order valence-corrected chi connectivity index (χ3v) is 4.24. The first kappa shape index (κ1) is 16.4. The van der Waals surface area contributed by atoms with Gasteiger partial charge < -0.3 is 10.1 Å². The largest absolute Gasteiger partial charge is 0.374 e. The molecule has 1 aromatic rings. The van der Waals surface area contributed by atoms with Crippen LogP contribution in [0.3, 0.4) is 0 Å². The highest BCUT2D eigenvalue weighted by atomic mass is 16.5. The van der Waals surface area contributed by atoms with E-state index in [-0.39, 0.29) is 11.6 Å². The van der Waals surface area contributed by atoms with Crippen LogP contribution in [-0.2, 0) is 17.6 Å². The third kappa shape index (κ3) is 4.24. The predicted molar refractivity (Wildman–Crippen MR) is 85.5 cm³/mol. The number of nitrogens with one attached hydrogen (secondary N) is 1. The lowest BCUT2D eigenvalue weighted by atomic mass is 9.85. The smallest absolute Gasteiger partial charge is 0.157 e. The minimum absolute atomic E-state index is 0.0331. The summed E-state index contributed by atoms with van der Waals surface area (Å²) < 4.78 is 5.34. The van der Waals surface area contributed by atoms with Crippen LogP contribution in [0.5, 0.6) is 0 Å². The Morgan fingerprint density at radius 1 is 1.33 bits per heavy atom. The molecule has 1 aliphatic carbocycles. The van der Waals surface area contributed by atoms with E-state index in [1.54, 1.807) is 7.11 Å². The Morgan fingerprint density at radius 2 is 2.05 bits per heavy atom. The first-order chi connectivity index (χ1) is 9.80. The normalized spacial score (nSPS) is 20.2. The van der Waals surface area contributed by atoms with E-state index >= 15 is 0 Å². The summed E-state index contributed by atoms with van der Waals surface area (Å²) in [6.07, 6.45) is 3.31. The molecule has 0 aromatic carbocycles. The fourth-order valence-electron chi connectivity index (χ4n) is 2.79. The van der Waals surface area contributed by atoms with Crippen LogP contribution in [0.4, 0.5) is 0 Å². The van der Waals surface area contributed by atoms with Gasteiger partial charge in [0.15, 0.2) is 5.82 Å². The van der Waals surface area contributed by atoms with Gasteiger partial charge in [0.05, 0.1) is 0 Å². The minimum Gasteiger partial charge on any atom is -0.374 e. The molecule has 0 bridgehead atoms. The van der Waals surface area contributed by atoms with Crippen molar-refractivity contribution < 1.29 is 4.74 Å². The summed E-state index contributed by atoms with van der Waals surface area (Å²) in [4.78, 5) is 9.38. The number of rotatable bonds is 4. The molecule has 0 aliphatic heterocycles. The van der Waals surface area contributed by atoms with Crippen molar-refractivity contribution in [3.63, 3.8) is 0 Å². The van der Waals surface area contributed by atoms with Gasteiger partial charge in [-0.2, -0.15) is 0 Å². The van der Waals surface area contributed by atoms with Crippen molar-refractivity contribution in [2.45, 2.75) is 65.5 Å². The Morgan fingerprint density at radius 3 is 2.67 bits per heavy atom. The van der Waals surface area contributed by atoms with E-state index < -0.39 is 0 Å². The van der Waals surface area contributed by atoms with Crippen LogP contribution >= 0.6 is 0 Å². The van der Waals surface area contributed by atoms with Gasteiger partial charge in [-0.3, -0.25) is 0 Å². The fourth-order valence-corrected chi connectivity index (χ4v) is 2.79. The highest BCUT2D eigenvalue weighted by molar-refractivity contribution is 5.28. The molecule has 2 atom stereocenters. The summed E-state index contributed by atoms with van der Waals surface area (Å²) in [5.41, 5.74) is 3.89. The van der Waals surface area contributed by atoms with Crippen molar-refractivity contribution in [2.75, 3.05) is 13.7 Å². The maximum absolute atomic E-state index is 5.34. The van der Waals surface area contributed by atoms with Crippen molar-refractivity contribution in [3.05, 3.63) is 22.8 Å². The van der Waals surface area contributed by atoms with Crippen LogP contribution in [0.1, 0.15) is 63.0 Å². The SMILES string of the molecule is COC(C)c1nc(C)c2c(n1)CCC(CNC(C)(C)C)C2. The molecule has 1 N–H and O–H groups in total. The summed E-state index contributed by atoms with van der Waals surface area (Å²) in [6.45, 7) is 11.8. The summed E-state index contributed by atoms with van der Waals surface area (Å²) in [5.74, 6) is 1.50. The molecule has 0 fully saturated rings. The first-order valence-corrected chi connectivity index (χ1v) is 7.94. The van der Waals surface area contributed by atoms with Crippen molar-refractivity contribution in [3.8, 4) is 0 Å². The average Bonchev–Trinajstić information content (AvgIpc) is 2.43. The van der Waals surface area contributed by atoms with E-state index in [9.17, 15) is 0 Å². The van der Waals surface area contributed by atoms with E-state index in [0.29, 0.717) is 5.92 Å². The van der Waals surface area contributed by atoms with Crippen LogP contribution in [0, 0.1) is 12.8 Å². The monoisotopic (exact) mass is 291 g/mol. The van der Waals surface area contributed by atoms with Crippen molar-refractivity contribution in [1.29, 1.82) is 0 Å². The van der Waals surface area contributed by atoms with Crippen molar-refractivity contribution in [2.24, 2.45) is 5.92 Å². The summed E-state index contributed by atoms with van der Waals surface area (Å²) in [5, 5.41) is 3.62. The molecule has 0 radical (unpaired) electrons. The van der Waals surface area contributed by atoms with E-state index in [4.69, 9.17) is 9.72 Å². The zero-order valence-electron chi connectivity index (χ0n) is 14.3. The number of aromatic nitrogens is 2. The molecular weight excluding hydrogens is 262 g/mol. The molecule has 0 saturated heterocycles. The third-order valence-electron chi connectivity index (χ3n) is 4.24. The predicted octanol–water partition coefficient (Wildman–Crippen LogP) is 2.99. The molecule has 1 heterocycles. The van der Waals surface area contributed by atoms with Crippen LogP contribution in [0.15, 0.2) is 0 Å². The first-order valence-electron chi connectivity index (χ1n) is 7.94. The highest BCUT2D eigenvalue weighted by Gasteiger charge is 2.24. The lowest BCUT2D eigenvalue weighted by Gasteiger charge is -2.29. The second kappa shape index (κ2) is 6.41. The highest BCUT2D eigenvalue weighted by Crippen LogP contribution is 2.27. The number of nitrogens with zero attached hydrogens (tertiary/aromatic N) is 2. The minimum atomic E-state index is -0.0331. The average molecular weight is 291 g/mol. The number of fused-ring (bicyclic) bond motifs is 1. The lowest BCUT2D eigenvalue weighted by molar-refractivity contribution is 0.111. The van der Waals surface area contributed by atoms with Gasteiger partial charge in [0.2, 0.25) is 0 Å². The molecule has 0 amide bonds. The number of aryl methyl sites for hydroxylation is 2. The van der Waals surface area contributed by atoms with Crippen molar-refractivity contribution in [1.82, 2.24) is 15.3 Å². The molecule has 0 spiro atoms. The second-order valence-electron chi connectivity index (χ2n) is 7.21. The molecule has 2 rings (SSSR count). The number of hydrogen-bond donors (Lipinski definition) is 1. The maximum atomic E-state index is 5.34. The zero-order valence-corrected chi connectivity index (χ0v) is 14.3. The zero-order chi connectivity index (χ0) is 15.6. The van der Waals surface area contributed by atoms with Crippen LogP contribution < -0.4 is 5.32 Å². The van der Waals surface area contributed by atoms with Crippen LogP contribution in [0.2, 0.25) is 0 Å². The summed E-state index contributed by atoms with van der Waals surface area (Å²) >= 11 is 0. The van der Waals surface area contributed by atoms with Crippen molar-refractivity contribution >= 4 is 0 Å². The molecule has 118 valence electrons. The van der Waals surface area contributed by atoms with E-state index in [1.165, 1.54) is 17.7 Å². The van der Waals surface area contributed by atoms with Gasteiger partial charge in [-0.25, -0.2) is 9.97 Å². The maximum Gasteiger partial charge on any atom is 0.157 e. The fraction of sp³-hybridized carbons (Fsp3) is 0.765. The van der Waals surface area contributed by atoms with Gasteiger partial charge in [0.25, 0.3) is 0 Å². The van der Waals surface area contributed by atoms with Gasteiger partial charge in [0.1, 0.15) is 6.10 Å². The molecule has 1 aliphatic rings. The van der Waals surface area contributed by atoms with Gasteiger partial charge in [-0.15, -0.1) is 0 Å². The van der Waals surface area contributed by atoms with Crippen LogP contribution in [0.25, 0.3) is 0 Å². The van der Waals surface area contributed by atoms with E-state index in [1.807, 2.05) is 6.92 Å². The summed E-state index contributed by atoms with van der Waals surface area (Å²) in [6, 6.07) is 0. The van der Waals surface area contributed by atoms with Crippen LogP contribution in [-0.4, -0.2) is 29.2 Å². The Bertz CT molecular complexity index is 494.